The Morgan fingerprint density at radius 3 is 2.43 bits per heavy atom. The number of aliphatic carboxylic acids is 1. The molecule has 1 fully saturated rings. The van der Waals surface area contributed by atoms with Gasteiger partial charge in [-0.2, -0.15) is 23.7 Å². The molecule has 1 aliphatic rings. The Balaban J connectivity index is 0.000000616. The van der Waals surface area contributed by atoms with Crippen molar-refractivity contribution >= 4 is 35.1 Å². The topological polar surface area (TPSA) is 177 Å². The van der Waals surface area contributed by atoms with Crippen LogP contribution in [0.2, 0.25) is 0 Å². The van der Waals surface area contributed by atoms with Crippen LogP contribution >= 0.6 is 11.8 Å². The average molecular weight is 602 g/mol. The largest absolute Gasteiger partial charge is 0.490 e. The monoisotopic (exact) mass is 601 g/mol. The third kappa shape index (κ3) is 8.95. The molecular formula is C27H26F3N7O4S. The van der Waals surface area contributed by atoms with Gasteiger partial charge >= 0.3 is 12.1 Å². The van der Waals surface area contributed by atoms with Crippen molar-refractivity contribution in [2.24, 2.45) is 5.92 Å². The van der Waals surface area contributed by atoms with Crippen molar-refractivity contribution in [2.75, 3.05) is 30.4 Å². The van der Waals surface area contributed by atoms with Crippen LogP contribution in [0.15, 0.2) is 41.7 Å². The summed E-state index contributed by atoms with van der Waals surface area (Å²) >= 11 is 1.39. The molecule has 1 amide bonds. The molecule has 0 saturated carbocycles. The first-order valence-electron chi connectivity index (χ1n) is 12.5. The highest BCUT2D eigenvalue weighted by molar-refractivity contribution is 7.98. The summed E-state index contributed by atoms with van der Waals surface area (Å²) < 4.78 is 37.3. The van der Waals surface area contributed by atoms with Crippen molar-refractivity contribution in [2.45, 2.75) is 36.7 Å². The average Bonchev–Trinajstić information content (AvgIpc) is 3.48. The van der Waals surface area contributed by atoms with Crippen LogP contribution in [0.1, 0.15) is 36.7 Å². The van der Waals surface area contributed by atoms with Gasteiger partial charge < -0.3 is 25.5 Å². The lowest BCUT2D eigenvalue weighted by atomic mass is 9.96. The summed E-state index contributed by atoms with van der Waals surface area (Å²) in [5.41, 5.74) is 2.49. The molecule has 1 aromatic carbocycles. The number of halogens is 3. The van der Waals surface area contributed by atoms with Gasteiger partial charge in [-0.15, -0.1) is 0 Å². The molecular weight excluding hydrogens is 575 g/mol. The molecule has 3 heterocycles. The fraction of sp³-hybridized carbons (Fsp3) is 0.333. The van der Waals surface area contributed by atoms with Gasteiger partial charge in [-0.1, -0.05) is 23.9 Å². The first-order chi connectivity index (χ1) is 20.0. The second-order valence-corrected chi connectivity index (χ2v) is 9.93. The van der Waals surface area contributed by atoms with E-state index < -0.39 is 12.1 Å². The zero-order valence-corrected chi connectivity index (χ0v) is 23.1. The highest BCUT2D eigenvalue weighted by Gasteiger charge is 2.38. The van der Waals surface area contributed by atoms with Gasteiger partial charge in [0.25, 0.3) is 0 Å². The van der Waals surface area contributed by atoms with Gasteiger partial charge in [-0.05, 0) is 36.5 Å². The number of ether oxygens (including phenoxy) is 1. The smallest absolute Gasteiger partial charge is 0.475 e. The zero-order chi connectivity index (χ0) is 30.7. The van der Waals surface area contributed by atoms with Crippen molar-refractivity contribution in [3.05, 3.63) is 53.6 Å². The number of aromatic nitrogens is 3. The quantitative estimate of drug-likeness (QED) is 0.259. The SMILES string of the molecule is CC(=O)Nc1ccc(-c2c(C#N)c(NCC3CCCOC3)nc(SCc3ncc[nH]3)c2C#N)cc1.O=C(O)C(F)(F)F. The number of anilines is 2. The number of hydrogen-bond donors (Lipinski definition) is 4. The Labute approximate surface area is 243 Å². The Morgan fingerprint density at radius 2 is 1.90 bits per heavy atom. The standard InChI is InChI=1S/C25H25N7O2S.C2HF3O2/c1-16(33)31-19-6-4-18(5-7-19)23-20(11-26)24(30-13-17-3-2-10-34-14-17)32-25(21(23)12-27)35-15-22-28-8-9-29-22;3-2(4,5)1(6)7/h4-9,17H,2-3,10,13-15H2,1H3,(H,28,29)(H,30,32)(H,31,33);(H,6,7). The predicted molar refractivity (Wildman–Crippen MR) is 147 cm³/mol. The maximum atomic E-state index is 11.4. The minimum Gasteiger partial charge on any atom is -0.475 e. The normalized spacial score (nSPS) is 14.5. The van der Waals surface area contributed by atoms with E-state index in [0.29, 0.717) is 63.6 Å². The maximum absolute atomic E-state index is 11.4. The number of thioether (sulfide) groups is 1. The Bertz CT molecular complexity index is 1460. The molecule has 1 saturated heterocycles. The van der Waals surface area contributed by atoms with Crippen LogP contribution in [0.4, 0.5) is 24.7 Å². The van der Waals surface area contributed by atoms with Crippen molar-refractivity contribution in [3.63, 3.8) is 0 Å². The van der Waals surface area contributed by atoms with Crippen LogP contribution in [0.5, 0.6) is 0 Å². The first kappa shape index (κ1) is 31.9. The summed E-state index contributed by atoms with van der Waals surface area (Å²) in [7, 11) is 0. The number of carbonyl (C=O) groups is 2. The molecule has 0 spiro atoms. The number of H-pyrrole nitrogens is 1. The van der Waals surface area contributed by atoms with E-state index in [-0.39, 0.29) is 5.91 Å². The number of rotatable bonds is 8. The van der Waals surface area contributed by atoms with Crippen LogP contribution in [0, 0.1) is 28.6 Å². The van der Waals surface area contributed by atoms with E-state index in [1.54, 1.807) is 36.7 Å². The van der Waals surface area contributed by atoms with E-state index in [0.717, 1.165) is 25.3 Å². The van der Waals surface area contributed by atoms with Crippen molar-refractivity contribution in [3.8, 4) is 23.3 Å². The highest BCUT2D eigenvalue weighted by Crippen LogP contribution is 2.38. The number of imidazole rings is 1. The number of carboxylic acids is 1. The van der Waals surface area contributed by atoms with Gasteiger partial charge in [0, 0.05) is 43.7 Å². The van der Waals surface area contributed by atoms with E-state index in [2.05, 4.69) is 32.7 Å². The number of nitrogens with zero attached hydrogens (tertiary/aromatic N) is 4. The van der Waals surface area contributed by atoms with Crippen molar-refractivity contribution in [1.29, 1.82) is 10.5 Å². The van der Waals surface area contributed by atoms with E-state index in [4.69, 9.17) is 19.6 Å². The van der Waals surface area contributed by atoms with Gasteiger partial charge in [0.15, 0.2) is 0 Å². The molecule has 4 N–H and O–H groups in total. The summed E-state index contributed by atoms with van der Waals surface area (Å²) in [5, 5.41) is 34.0. The maximum Gasteiger partial charge on any atom is 0.490 e. The van der Waals surface area contributed by atoms with E-state index in [1.807, 2.05) is 0 Å². The lowest BCUT2D eigenvalue weighted by molar-refractivity contribution is -0.192. The lowest BCUT2D eigenvalue weighted by Gasteiger charge is -2.23. The van der Waals surface area contributed by atoms with Crippen molar-refractivity contribution < 1.29 is 32.6 Å². The van der Waals surface area contributed by atoms with Gasteiger partial charge in [-0.3, -0.25) is 4.79 Å². The summed E-state index contributed by atoms with van der Waals surface area (Å²) in [6.45, 7) is 3.51. The van der Waals surface area contributed by atoms with Gasteiger partial charge in [0.2, 0.25) is 5.91 Å². The summed E-state index contributed by atoms with van der Waals surface area (Å²) in [6.07, 6.45) is 0.389. The molecule has 0 bridgehead atoms. The summed E-state index contributed by atoms with van der Waals surface area (Å²) in [4.78, 5) is 32.3. The summed E-state index contributed by atoms with van der Waals surface area (Å²) in [5.74, 6) is -0.899. The number of carboxylic acid groups (broad SMARTS) is 1. The second-order valence-electron chi connectivity index (χ2n) is 8.96. The van der Waals surface area contributed by atoms with Crippen LogP contribution < -0.4 is 10.6 Å². The Kier molecular flexibility index (Phi) is 11.3. The number of nitrogens with one attached hydrogen (secondary N) is 3. The number of pyridine rings is 1. The van der Waals surface area contributed by atoms with Crippen LogP contribution in [-0.2, 0) is 20.1 Å². The fourth-order valence-electron chi connectivity index (χ4n) is 3.94. The Morgan fingerprint density at radius 1 is 1.21 bits per heavy atom. The number of carbonyl (C=O) groups excluding carboxylic acids is 1. The molecule has 1 atom stereocenters. The number of hydrogen-bond acceptors (Lipinski definition) is 9. The molecule has 1 aliphatic heterocycles. The number of alkyl halides is 3. The molecule has 220 valence electrons. The Hall–Kier alpha value is -4.60. The number of benzene rings is 1. The van der Waals surface area contributed by atoms with E-state index in [9.17, 15) is 28.5 Å². The third-order valence-electron chi connectivity index (χ3n) is 5.84. The molecule has 42 heavy (non-hydrogen) atoms. The molecule has 4 rings (SSSR count). The van der Waals surface area contributed by atoms with Crippen LogP contribution in [0.3, 0.4) is 0 Å². The molecule has 3 aromatic rings. The molecule has 1 unspecified atom stereocenters. The second kappa shape index (κ2) is 14.9. The molecule has 11 nitrogen and oxygen atoms in total. The van der Waals surface area contributed by atoms with E-state index in [1.165, 1.54) is 18.7 Å². The molecule has 15 heteroatoms. The minimum absolute atomic E-state index is 0.174. The lowest BCUT2D eigenvalue weighted by Crippen LogP contribution is -2.25. The van der Waals surface area contributed by atoms with Gasteiger partial charge in [0.05, 0.1) is 17.9 Å². The highest BCUT2D eigenvalue weighted by atomic mass is 32.2. The zero-order valence-electron chi connectivity index (χ0n) is 22.3. The molecule has 0 radical (unpaired) electrons. The van der Waals surface area contributed by atoms with Crippen LogP contribution in [-0.4, -0.2) is 57.9 Å². The predicted octanol–water partition coefficient (Wildman–Crippen LogP) is 4.94. The summed E-state index contributed by atoms with van der Waals surface area (Å²) in [6, 6.07) is 11.6. The third-order valence-corrected chi connectivity index (χ3v) is 6.82. The molecule has 2 aromatic heterocycles. The molecule has 0 aliphatic carbocycles. The number of nitriles is 2. The minimum atomic E-state index is -5.08. The van der Waals surface area contributed by atoms with Gasteiger partial charge in [0.1, 0.15) is 34.4 Å². The van der Waals surface area contributed by atoms with E-state index >= 15 is 0 Å². The first-order valence-corrected chi connectivity index (χ1v) is 13.5. The number of amides is 1. The van der Waals surface area contributed by atoms with Crippen LogP contribution in [0.25, 0.3) is 11.1 Å². The van der Waals surface area contributed by atoms with Gasteiger partial charge in [-0.25, -0.2) is 14.8 Å². The fourth-order valence-corrected chi connectivity index (χ4v) is 4.82. The number of aromatic amines is 1. The van der Waals surface area contributed by atoms with Crippen molar-refractivity contribution in [1.82, 2.24) is 15.0 Å².